The zero-order valence-electron chi connectivity index (χ0n) is 17.0. The van der Waals surface area contributed by atoms with Crippen LogP contribution in [-0.4, -0.2) is 26.6 Å². The molecule has 1 aliphatic rings. The molecule has 1 saturated heterocycles. The fraction of sp³-hybridized carbons (Fsp3) is 0.208. The second-order valence-electron chi connectivity index (χ2n) is 7.81. The molecule has 0 radical (unpaired) electrons. The fourth-order valence-corrected chi connectivity index (χ4v) is 4.23. The first kappa shape index (κ1) is 18.4. The van der Waals surface area contributed by atoms with E-state index in [-0.39, 0.29) is 11.5 Å². The number of hydrogen-bond donors (Lipinski definition) is 0. The standard InChI is InChI=1S/C24H22N4O2/c1-26-11-9-20-21(15-27(2)23(20)24(26)30)18-12-17(13-25-14-18)16-5-7-19(8-6-16)28-10-3-4-22(28)29/h5-9,11-15H,3-4,10H2,1-2H3. The zero-order valence-corrected chi connectivity index (χ0v) is 17.0. The molecule has 4 heterocycles. The number of aromatic nitrogens is 3. The number of rotatable bonds is 3. The molecule has 0 atom stereocenters. The summed E-state index contributed by atoms with van der Waals surface area (Å²) in [7, 11) is 3.65. The van der Waals surface area contributed by atoms with Crippen LogP contribution in [0.3, 0.4) is 0 Å². The summed E-state index contributed by atoms with van der Waals surface area (Å²) in [5, 5.41) is 0.919. The highest BCUT2D eigenvalue weighted by atomic mass is 16.2. The Morgan fingerprint density at radius 1 is 0.900 bits per heavy atom. The van der Waals surface area contributed by atoms with Gasteiger partial charge in [0.05, 0.1) is 0 Å². The van der Waals surface area contributed by atoms with E-state index in [1.54, 1.807) is 17.8 Å². The lowest BCUT2D eigenvalue weighted by Gasteiger charge is -2.16. The van der Waals surface area contributed by atoms with E-state index < -0.39 is 0 Å². The molecule has 150 valence electrons. The van der Waals surface area contributed by atoms with Crippen molar-refractivity contribution in [2.24, 2.45) is 14.1 Å². The Morgan fingerprint density at radius 2 is 1.67 bits per heavy atom. The molecule has 4 aromatic rings. The number of fused-ring (bicyclic) bond motifs is 1. The van der Waals surface area contributed by atoms with Crippen LogP contribution in [0.15, 0.2) is 66.0 Å². The summed E-state index contributed by atoms with van der Waals surface area (Å²) in [4.78, 5) is 30.8. The summed E-state index contributed by atoms with van der Waals surface area (Å²) in [5.74, 6) is 0.188. The third-order valence-electron chi connectivity index (χ3n) is 5.84. The minimum Gasteiger partial charge on any atom is -0.345 e. The van der Waals surface area contributed by atoms with Crippen molar-refractivity contribution in [1.82, 2.24) is 14.1 Å². The molecule has 1 amide bonds. The predicted octanol–water partition coefficient (Wildman–Crippen LogP) is 3.73. The van der Waals surface area contributed by atoms with Gasteiger partial charge >= 0.3 is 0 Å². The number of nitrogens with zero attached hydrogens (tertiary/aromatic N) is 4. The first-order valence-electron chi connectivity index (χ1n) is 10.0. The van der Waals surface area contributed by atoms with Crippen molar-refractivity contribution in [1.29, 1.82) is 0 Å². The number of pyridine rings is 2. The highest BCUT2D eigenvalue weighted by Gasteiger charge is 2.21. The van der Waals surface area contributed by atoms with E-state index in [1.807, 2.05) is 65.4 Å². The van der Waals surface area contributed by atoms with Crippen LogP contribution < -0.4 is 10.5 Å². The minimum atomic E-state index is -0.0163. The van der Waals surface area contributed by atoms with E-state index in [0.717, 1.165) is 46.3 Å². The third-order valence-corrected chi connectivity index (χ3v) is 5.84. The lowest BCUT2D eigenvalue weighted by atomic mass is 10.0. The normalized spacial score (nSPS) is 14.1. The van der Waals surface area contributed by atoms with Crippen molar-refractivity contribution in [2.45, 2.75) is 12.8 Å². The lowest BCUT2D eigenvalue weighted by Crippen LogP contribution is -2.23. The van der Waals surface area contributed by atoms with E-state index in [4.69, 9.17) is 0 Å². The first-order valence-corrected chi connectivity index (χ1v) is 10.0. The van der Waals surface area contributed by atoms with Crippen LogP contribution in [0, 0.1) is 0 Å². The first-order chi connectivity index (χ1) is 14.5. The molecule has 0 N–H and O–H groups in total. The smallest absolute Gasteiger partial charge is 0.274 e. The quantitative estimate of drug-likeness (QED) is 0.528. The van der Waals surface area contributed by atoms with Crippen molar-refractivity contribution in [3.05, 3.63) is 71.5 Å². The average Bonchev–Trinajstić information content (AvgIpc) is 3.34. The van der Waals surface area contributed by atoms with Crippen LogP contribution in [0.25, 0.3) is 33.2 Å². The summed E-state index contributed by atoms with van der Waals surface area (Å²) in [5.41, 5.74) is 5.58. The van der Waals surface area contributed by atoms with E-state index >= 15 is 0 Å². The highest BCUT2D eigenvalue weighted by molar-refractivity contribution is 5.97. The second-order valence-corrected chi connectivity index (χ2v) is 7.81. The number of amides is 1. The highest BCUT2D eigenvalue weighted by Crippen LogP contribution is 2.32. The Bertz CT molecular complexity index is 1330. The monoisotopic (exact) mass is 398 g/mol. The van der Waals surface area contributed by atoms with Crippen LogP contribution in [0.1, 0.15) is 12.8 Å². The van der Waals surface area contributed by atoms with Crippen molar-refractivity contribution >= 4 is 22.5 Å². The van der Waals surface area contributed by atoms with Crippen molar-refractivity contribution in [2.75, 3.05) is 11.4 Å². The maximum Gasteiger partial charge on any atom is 0.274 e. The molecule has 30 heavy (non-hydrogen) atoms. The molecule has 1 fully saturated rings. The number of carbonyl (C=O) groups is 1. The van der Waals surface area contributed by atoms with Gasteiger partial charge in [-0.1, -0.05) is 12.1 Å². The number of aryl methyl sites for hydroxylation is 2. The number of carbonyl (C=O) groups excluding carboxylic acids is 1. The van der Waals surface area contributed by atoms with Crippen molar-refractivity contribution < 1.29 is 4.79 Å². The van der Waals surface area contributed by atoms with Crippen LogP contribution >= 0.6 is 0 Å². The van der Waals surface area contributed by atoms with Gasteiger partial charge in [-0.05, 0) is 36.2 Å². The summed E-state index contributed by atoms with van der Waals surface area (Å²) in [6.07, 6.45) is 8.98. The molecule has 0 spiro atoms. The van der Waals surface area contributed by atoms with E-state index in [9.17, 15) is 9.59 Å². The number of anilines is 1. The SMILES string of the molecule is Cn1ccc2c(-c3cncc(-c4ccc(N5CCCC5=O)cc4)c3)cn(C)c2c1=O. The Kier molecular flexibility index (Phi) is 4.28. The minimum absolute atomic E-state index is 0.0163. The molecule has 0 bridgehead atoms. The summed E-state index contributed by atoms with van der Waals surface area (Å²) < 4.78 is 3.47. The van der Waals surface area contributed by atoms with E-state index in [0.29, 0.717) is 11.9 Å². The largest absolute Gasteiger partial charge is 0.345 e. The fourth-order valence-electron chi connectivity index (χ4n) is 4.23. The Morgan fingerprint density at radius 3 is 2.40 bits per heavy atom. The van der Waals surface area contributed by atoms with Gasteiger partial charge in [0, 0.05) is 79.6 Å². The number of hydrogen-bond acceptors (Lipinski definition) is 3. The van der Waals surface area contributed by atoms with Gasteiger partial charge < -0.3 is 14.0 Å². The Hall–Kier alpha value is -3.67. The summed E-state index contributed by atoms with van der Waals surface area (Å²) in [6.45, 7) is 0.787. The molecule has 3 aromatic heterocycles. The van der Waals surface area contributed by atoms with Crippen molar-refractivity contribution in [3.63, 3.8) is 0 Å². The zero-order chi connectivity index (χ0) is 20.8. The van der Waals surface area contributed by atoms with Crippen LogP contribution in [0.4, 0.5) is 5.69 Å². The average molecular weight is 398 g/mol. The molecule has 0 aliphatic carbocycles. The molecule has 0 saturated carbocycles. The van der Waals surface area contributed by atoms with Gasteiger partial charge in [0.25, 0.3) is 5.56 Å². The lowest BCUT2D eigenvalue weighted by molar-refractivity contribution is -0.117. The van der Waals surface area contributed by atoms with Crippen LogP contribution in [0.2, 0.25) is 0 Å². The molecular weight excluding hydrogens is 376 g/mol. The van der Waals surface area contributed by atoms with Gasteiger partial charge in [-0.2, -0.15) is 0 Å². The van der Waals surface area contributed by atoms with Crippen molar-refractivity contribution in [3.8, 4) is 22.3 Å². The molecular formula is C24H22N4O2. The van der Waals surface area contributed by atoms with Gasteiger partial charge in [-0.25, -0.2) is 0 Å². The molecule has 6 heteroatoms. The van der Waals surface area contributed by atoms with Crippen LogP contribution in [-0.2, 0) is 18.9 Å². The Labute approximate surface area is 174 Å². The van der Waals surface area contributed by atoms with Crippen LogP contribution in [0.5, 0.6) is 0 Å². The topological polar surface area (TPSA) is 60.1 Å². The Balaban J connectivity index is 1.54. The van der Waals surface area contributed by atoms with Gasteiger partial charge in [0.2, 0.25) is 5.91 Å². The maximum absolute atomic E-state index is 12.5. The molecule has 6 nitrogen and oxygen atoms in total. The molecule has 5 rings (SSSR count). The van der Waals surface area contributed by atoms with Gasteiger partial charge in [-0.15, -0.1) is 0 Å². The van der Waals surface area contributed by atoms with E-state index in [1.165, 1.54) is 0 Å². The molecule has 0 unspecified atom stereocenters. The third kappa shape index (κ3) is 2.92. The second kappa shape index (κ2) is 6.99. The molecule has 1 aliphatic heterocycles. The number of benzene rings is 1. The maximum atomic E-state index is 12.5. The summed E-state index contributed by atoms with van der Waals surface area (Å²) >= 11 is 0. The molecule has 1 aromatic carbocycles. The summed E-state index contributed by atoms with van der Waals surface area (Å²) in [6, 6.07) is 12.1. The van der Waals surface area contributed by atoms with Gasteiger partial charge in [-0.3, -0.25) is 14.6 Å². The van der Waals surface area contributed by atoms with Gasteiger partial charge in [0.15, 0.2) is 0 Å². The van der Waals surface area contributed by atoms with Gasteiger partial charge in [0.1, 0.15) is 5.52 Å². The van der Waals surface area contributed by atoms with E-state index in [2.05, 4.69) is 11.1 Å². The predicted molar refractivity (Wildman–Crippen MR) is 118 cm³/mol.